The molecule has 2 aromatic rings. The van der Waals surface area contributed by atoms with Gasteiger partial charge in [-0.25, -0.2) is 4.39 Å². The van der Waals surface area contributed by atoms with Crippen LogP contribution in [0.2, 0.25) is 0 Å². The first-order chi connectivity index (χ1) is 12.7. The summed E-state index contributed by atoms with van der Waals surface area (Å²) in [5.41, 5.74) is 0.649. The number of para-hydroxylation sites is 1. The number of anilines is 1. The van der Waals surface area contributed by atoms with Crippen molar-refractivity contribution in [2.24, 2.45) is 0 Å². The first-order valence-corrected chi connectivity index (χ1v) is 8.82. The number of hydrogen-bond acceptors (Lipinski definition) is 5. The van der Waals surface area contributed by atoms with E-state index in [1.807, 2.05) is 41.3 Å². The third-order valence-electron chi connectivity index (χ3n) is 4.54. The van der Waals surface area contributed by atoms with E-state index in [9.17, 15) is 9.50 Å². The lowest BCUT2D eigenvalue weighted by atomic mass is 10.2. The van der Waals surface area contributed by atoms with Crippen LogP contribution in [-0.2, 0) is 0 Å². The zero-order chi connectivity index (χ0) is 18.4. The Morgan fingerprint density at radius 2 is 1.65 bits per heavy atom. The van der Waals surface area contributed by atoms with Gasteiger partial charge in [0.05, 0.1) is 12.8 Å². The third-order valence-corrected chi connectivity index (χ3v) is 4.54. The van der Waals surface area contributed by atoms with E-state index in [4.69, 9.17) is 9.47 Å². The number of aliphatic hydroxyl groups is 1. The van der Waals surface area contributed by atoms with Gasteiger partial charge in [-0.3, -0.25) is 4.90 Å². The summed E-state index contributed by atoms with van der Waals surface area (Å²) in [7, 11) is 1.62. The van der Waals surface area contributed by atoms with E-state index in [1.54, 1.807) is 13.2 Å². The second-order valence-electron chi connectivity index (χ2n) is 6.38. The molecule has 1 saturated heterocycles. The Kier molecular flexibility index (Phi) is 6.30. The van der Waals surface area contributed by atoms with Crippen LogP contribution in [0.5, 0.6) is 11.5 Å². The Morgan fingerprint density at radius 3 is 2.31 bits per heavy atom. The molecule has 1 heterocycles. The van der Waals surface area contributed by atoms with Crippen LogP contribution in [0.15, 0.2) is 48.5 Å². The number of aliphatic hydroxyl groups excluding tert-OH is 1. The zero-order valence-corrected chi connectivity index (χ0v) is 15.0. The fraction of sp³-hybridized carbons (Fsp3) is 0.400. The van der Waals surface area contributed by atoms with Crippen LogP contribution in [-0.4, -0.2) is 62.6 Å². The molecule has 0 amide bonds. The molecule has 0 spiro atoms. The average molecular weight is 360 g/mol. The summed E-state index contributed by atoms with van der Waals surface area (Å²) in [5, 5.41) is 10.2. The van der Waals surface area contributed by atoms with E-state index in [0.29, 0.717) is 18.0 Å². The maximum Gasteiger partial charge on any atom is 0.146 e. The maximum atomic E-state index is 13.9. The molecule has 1 aliphatic rings. The van der Waals surface area contributed by atoms with E-state index >= 15 is 0 Å². The van der Waals surface area contributed by atoms with Crippen LogP contribution in [0.25, 0.3) is 0 Å². The molecule has 1 atom stereocenters. The number of piperazine rings is 1. The Morgan fingerprint density at radius 1 is 1.00 bits per heavy atom. The number of β-amino-alcohol motifs (C(OH)–C–C–N with tert-alkyl or cyclic N) is 1. The predicted molar refractivity (Wildman–Crippen MR) is 99.5 cm³/mol. The summed E-state index contributed by atoms with van der Waals surface area (Å²) in [6.07, 6.45) is -0.572. The number of rotatable bonds is 7. The Bertz CT molecular complexity index is 688. The van der Waals surface area contributed by atoms with Gasteiger partial charge < -0.3 is 19.5 Å². The molecule has 1 N–H and O–H groups in total. The average Bonchev–Trinajstić information content (AvgIpc) is 2.68. The molecule has 1 fully saturated rings. The topological polar surface area (TPSA) is 45.2 Å². The van der Waals surface area contributed by atoms with Gasteiger partial charge in [-0.1, -0.05) is 12.1 Å². The summed E-state index contributed by atoms with van der Waals surface area (Å²) < 4.78 is 24.6. The van der Waals surface area contributed by atoms with Crippen LogP contribution >= 0.6 is 0 Å². The number of nitrogens with zero attached hydrogens (tertiary/aromatic N) is 2. The summed E-state index contributed by atoms with van der Waals surface area (Å²) in [5.74, 6) is 1.29. The highest BCUT2D eigenvalue weighted by atomic mass is 19.1. The molecule has 140 valence electrons. The standard InChI is InChI=1S/C20H25FN2O3/c1-25-17-6-8-18(9-7-17)26-15-16(24)14-22-10-12-23(13-11-22)20-5-3-2-4-19(20)21/h2-9,16,24H,10-15H2,1H3. The lowest BCUT2D eigenvalue weighted by Crippen LogP contribution is -2.49. The molecular formula is C20H25FN2O3. The van der Waals surface area contributed by atoms with Gasteiger partial charge >= 0.3 is 0 Å². The quantitative estimate of drug-likeness (QED) is 0.822. The van der Waals surface area contributed by atoms with Crippen molar-refractivity contribution in [1.82, 2.24) is 4.90 Å². The highest BCUT2D eigenvalue weighted by Gasteiger charge is 2.21. The van der Waals surface area contributed by atoms with Crippen LogP contribution in [0, 0.1) is 5.82 Å². The largest absolute Gasteiger partial charge is 0.497 e. The SMILES string of the molecule is COc1ccc(OCC(O)CN2CCN(c3ccccc3F)CC2)cc1. The van der Waals surface area contributed by atoms with E-state index in [2.05, 4.69) is 4.90 Å². The van der Waals surface area contributed by atoms with E-state index < -0.39 is 6.10 Å². The molecule has 1 unspecified atom stereocenters. The number of methoxy groups -OCH3 is 1. The number of halogens is 1. The molecule has 0 radical (unpaired) electrons. The van der Waals surface area contributed by atoms with Crippen LogP contribution in [0.3, 0.4) is 0 Å². The van der Waals surface area contributed by atoms with Gasteiger partial charge in [-0.15, -0.1) is 0 Å². The Labute approximate surface area is 153 Å². The molecule has 5 nitrogen and oxygen atoms in total. The van der Waals surface area contributed by atoms with Gasteiger partial charge in [0.2, 0.25) is 0 Å². The van der Waals surface area contributed by atoms with Crippen molar-refractivity contribution in [2.45, 2.75) is 6.10 Å². The van der Waals surface area contributed by atoms with Crippen LogP contribution in [0.4, 0.5) is 10.1 Å². The molecule has 0 saturated carbocycles. The summed E-state index contributed by atoms with van der Waals surface area (Å²) >= 11 is 0. The van der Waals surface area contributed by atoms with Gasteiger partial charge in [0.25, 0.3) is 0 Å². The molecule has 26 heavy (non-hydrogen) atoms. The van der Waals surface area contributed by atoms with Crippen molar-refractivity contribution in [3.63, 3.8) is 0 Å². The van der Waals surface area contributed by atoms with Crippen molar-refractivity contribution in [3.05, 3.63) is 54.3 Å². The summed E-state index contributed by atoms with van der Waals surface area (Å²) in [6.45, 7) is 3.84. The molecule has 0 aliphatic carbocycles. The number of hydrogen-bond donors (Lipinski definition) is 1. The molecule has 6 heteroatoms. The minimum absolute atomic E-state index is 0.186. The summed E-state index contributed by atoms with van der Waals surface area (Å²) in [6, 6.07) is 14.1. The van der Waals surface area contributed by atoms with Crippen molar-refractivity contribution in [1.29, 1.82) is 0 Å². The highest BCUT2D eigenvalue weighted by molar-refractivity contribution is 5.48. The molecule has 1 aliphatic heterocycles. The minimum Gasteiger partial charge on any atom is -0.497 e. The third kappa shape index (κ3) is 4.86. The second-order valence-corrected chi connectivity index (χ2v) is 6.38. The van der Waals surface area contributed by atoms with E-state index in [0.717, 1.165) is 31.9 Å². The van der Waals surface area contributed by atoms with Crippen LogP contribution < -0.4 is 14.4 Å². The molecular weight excluding hydrogens is 335 g/mol. The monoisotopic (exact) mass is 360 g/mol. The first-order valence-electron chi connectivity index (χ1n) is 8.82. The smallest absolute Gasteiger partial charge is 0.146 e. The molecule has 0 aromatic heterocycles. The lowest BCUT2D eigenvalue weighted by molar-refractivity contribution is 0.0662. The van der Waals surface area contributed by atoms with Crippen molar-refractivity contribution >= 4 is 5.69 Å². The van der Waals surface area contributed by atoms with Gasteiger partial charge in [-0.2, -0.15) is 0 Å². The molecule has 2 aromatic carbocycles. The number of ether oxygens (including phenoxy) is 2. The minimum atomic E-state index is -0.572. The maximum absolute atomic E-state index is 13.9. The lowest BCUT2D eigenvalue weighted by Gasteiger charge is -2.36. The molecule has 3 rings (SSSR count). The van der Waals surface area contributed by atoms with Crippen molar-refractivity contribution in [3.8, 4) is 11.5 Å². The van der Waals surface area contributed by atoms with E-state index in [-0.39, 0.29) is 12.4 Å². The van der Waals surface area contributed by atoms with Crippen LogP contribution in [0.1, 0.15) is 0 Å². The molecule has 0 bridgehead atoms. The second kappa shape index (κ2) is 8.87. The van der Waals surface area contributed by atoms with Crippen molar-refractivity contribution < 1.29 is 19.0 Å². The fourth-order valence-electron chi connectivity index (χ4n) is 3.09. The van der Waals surface area contributed by atoms with Gasteiger partial charge in [0.15, 0.2) is 0 Å². The Balaban J connectivity index is 1.41. The predicted octanol–water partition coefficient (Wildman–Crippen LogP) is 2.40. The van der Waals surface area contributed by atoms with Crippen molar-refractivity contribution in [2.75, 3.05) is 51.3 Å². The Hall–Kier alpha value is -2.31. The van der Waals surface area contributed by atoms with Gasteiger partial charge in [-0.05, 0) is 36.4 Å². The fourth-order valence-corrected chi connectivity index (χ4v) is 3.09. The first kappa shape index (κ1) is 18.5. The summed E-state index contributed by atoms with van der Waals surface area (Å²) in [4.78, 5) is 4.23. The number of benzene rings is 2. The zero-order valence-electron chi connectivity index (χ0n) is 15.0. The normalized spacial score (nSPS) is 16.3. The van der Waals surface area contributed by atoms with E-state index in [1.165, 1.54) is 6.07 Å². The highest BCUT2D eigenvalue weighted by Crippen LogP contribution is 2.20. The van der Waals surface area contributed by atoms with Gasteiger partial charge in [0.1, 0.15) is 30.0 Å². The van der Waals surface area contributed by atoms with Gasteiger partial charge in [0, 0.05) is 32.7 Å².